The van der Waals surface area contributed by atoms with E-state index in [9.17, 15) is 4.79 Å². The standard InChI is InChI=1S/C13H16O2/c1-3-10-5-6-12(7-8-13(14)15)11(4-2)9-10/h5-9H,3-4H2,1-2H3,(H,14,15)/b8-7+. The lowest BCUT2D eigenvalue weighted by Gasteiger charge is -2.05. The second-order valence-electron chi connectivity index (χ2n) is 3.41. The first-order valence-electron chi connectivity index (χ1n) is 5.20. The van der Waals surface area contributed by atoms with Crippen molar-refractivity contribution < 1.29 is 9.90 Å². The second-order valence-corrected chi connectivity index (χ2v) is 3.41. The molecule has 1 aromatic carbocycles. The van der Waals surface area contributed by atoms with Crippen molar-refractivity contribution in [2.75, 3.05) is 0 Å². The number of carboxylic acid groups (broad SMARTS) is 1. The summed E-state index contributed by atoms with van der Waals surface area (Å²) in [5, 5.41) is 8.55. The summed E-state index contributed by atoms with van der Waals surface area (Å²) < 4.78 is 0. The molecule has 0 saturated carbocycles. The lowest BCUT2D eigenvalue weighted by molar-refractivity contribution is -0.131. The third-order valence-electron chi connectivity index (χ3n) is 2.40. The fourth-order valence-corrected chi connectivity index (χ4v) is 1.51. The summed E-state index contributed by atoms with van der Waals surface area (Å²) >= 11 is 0. The van der Waals surface area contributed by atoms with E-state index in [1.807, 2.05) is 12.1 Å². The highest BCUT2D eigenvalue weighted by Crippen LogP contribution is 2.15. The number of aliphatic carboxylic acids is 1. The van der Waals surface area contributed by atoms with Crippen LogP contribution in [-0.4, -0.2) is 11.1 Å². The van der Waals surface area contributed by atoms with Crippen LogP contribution >= 0.6 is 0 Å². The predicted octanol–water partition coefficient (Wildman–Crippen LogP) is 2.91. The first-order chi connectivity index (χ1) is 7.17. The van der Waals surface area contributed by atoms with Crippen molar-refractivity contribution in [1.29, 1.82) is 0 Å². The Bertz CT molecular complexity index is 378. The van der Waals surface area contributed by atoms with Crippen molar-refractivity contribution in [3.63, 3.8) is 0 Å². The SMILES string of the molecule is CCc1ccc(/C=C/C(=O)O)c(CC)c1. The number of carboxylic acids is 1. The molecular formula is C13H16O2. The summed E-state index contributed by atoms with van der Waals surface area (Å²) in [4.78, 5) is 10.4. The maximum Gasteiger partial charge on any atom is 0.328 e. The smallest absolute Gasteiger partial charge is 0.328 e. The van der Waals surface area contributed by atoms with Crippen LogP contribution in [0.4, 0.5) is 0 Å². The molecule has 0 aliphatic heterocycles. The molecule has 1 N–H and O–H groups in total. The Hall–Kier alpha value is -1.57. The zero-order chi connectivity index (χ0) is 11.3. The quantitative estimate of drug-likeness (QED) is 0.766. The number of hydrogen-bond acceptors (Lipinski definition) is 1. The Morgan fingerprint density at radius 2 is 2.07 bits per heavy atom. The number of carbonyl (C=O) groups is 1. The van der Waals surface area contributed by atoms with Gasteiger partial charge in [-0.15, -0.1) is 0 Å². The highest BCUT2D eigenvalue weighted by Gasteiger charge is 1.99. The molecule has 0 aliphatic carbocycles. The first-order valence-corrected chi connectivity index (χ1v) is 5.20. The zero-order valence-electron chi connectivity index (χ0n) is 9.16. The second kappa shape index (κ2) is 5.35. The molecule has 0 saturated heterocycles. The van der Waals surface area contributed by atoms with E-state index in [1.54, 1.807) is 6.08 Å². The highest BCUT2D eigenvalue weighted by atomic mass is 16.4. The van der Waals surface area contributed by atoms with Gasteiger partial charge in [-0.3, -0.25) is 0 Å². The number of benzene rings is 1. The molecule has 2 nitrogen and oxygen atoms in total. The third kappa shape index (κ3) is 3.24. The van der Waals surface area contributed by atoms with E-state index >= 15 is 0 Å². The Morgan fingerprint density at radius 3 is 2.60 bits per heavy atom. The molecular weight excluding hydrogens is 188 g/mol. The maximum atomic E-state index is 10.4. The van der Waals surface area contributed by atoms with Gasteiger partial charge in [-0.1, -0.05) is 32.0 Å². The summed E-state index contributed by atoms with van der Waals surface area (Å²) in [5.74, 6) is -0.906. The van der Waals surface area contributed by atoms with Gasteiger partial charge in [0.2, 0.25) is 0 Å². The topological polar surface area (TPSA) is 37.3 Å². The van der Waals surface area contributed by atoms with Gasteiger partial charge in [0.25, 0.3) is 0 Å². The Morgan fingerprint density at radius 1 is 1.33 bits per heavy atom. The molecule has 0 amide bonds. The summed E-state index contributed by atoms with van der Waals surface area (Å²) in [6.07, 6.45) is 4.77. The zero-order valence-corrected chi connectivity index (χ0v) is 9.16. The van der Waals surface area contributed by atoms with Gasteiger partial charge >= 0.3 is 5.97 Å². The Kier molecular flexibility index (Phi) is 4.10. The van der Waals surface area contributed by atoms with Crippen molar-refractivity contribution in [1.82, 2.24) is 0 Å². The summed E-state index contributed by atoms with van der Waals surface area (Å²) in [6.45, 7) is 4.19. The lowest BCUT2D eigenvalue weighted by atomic mass is 10.0. The van der Waals surface area contributed by atoms with E-state index in [1.165, 1.54) is 17.2 Å². The van der Waals surface area contributed by atoms with Crippen LogP contribution in [0.1, 0.15) is 30.5 Å². The molecule has 0 bridgehead atoms. The Labute approximate surface area is 90.3 Å². The fraction of sp³-hybridized carbons (Fsp3) is 0.308. The molecule has 0 aromatic heterocycles. The van der Waals surface area contributed by atoms with E-state index in [4.69, 9.17) is 5.11 Å². The van der Waals surface area contributed by atoms with Crippen LogP contribution < -0.4 is 0 Å². The van der Waals surface area contributed by atoms with E-state index < -0.39 is 5.97 Å². The van der Waals surface area contributed by atoms with Crippen LogP contribution in [0.2, 0.25) is 0 Å². The van der Waals surface area contributed by atoms with Crippen LogP contribution in [-0.2, 0) is 17.6 Å². The molecule has 80 valence electrons. The normalized spacial score (nSPS) is 10.8. The van der Waals surface area contributed by atoms with E-state index in [0.29, 0.717) is 0 Å². The van der Waals surface area contributed by atoms with Gasteiger partial charge in [0.05, 0.1) is 0 Å². The van der Waals surface area contributed by atoms with Gasteiger partial charge in [0, 0.05) is 6.08 Å². The molecule has 15 heavy (non-hydrogen) atoms. The van der Waals surface area contributed by atoms with Crippen molar-refractivity contribution >= 4 is 12.0 Å². The molecule has 1 rings (SSSR count). The molecule has 1 aromatic rings. The minimum absolute atomic E-state index is 0.906. The van der Waals surface area contributed by atoms with Crippen molar-refractivity contribution in [3.8, 4) is 0 Å². The van der Waals surface area contributed by atoms with Crippen LogP contribution in [0.15, 0.2) is 24.3 Å². The average Bonchev–Trinajstić information content (AvgIpc) is 2.25. The predicted molar refractivity (Wildman–Crippen MR) is 61.9 cm³/mol. The molecule has 0 radical (unpaired) electrons. The molecule has 0 heterocycles. The van der Waals surface area contributed by atoms with Gasteiger partial charge in [-0.05, 0) is 35.6 Å². The van der Waals surface area contributed by atoms with Crippen molar-refractivity contribution in [2.24, 2.45) is 0 Å². The van der Waals surface area contributed by atoms with Gasteiger partial charge in [-0.2, -0.15) is 0 Å². The van der Waals surface area contributed by atoms with Crippen LogP contribution in [0.3, 0.4) is 0 Å². The summed E-state index contributed by atoms with van der Waals surface area (Å²) in [5.41, 5.74) is 3.49. The van der Waals surface area contributed by atoms with Crippen LogP contribution in [0.5, 0.6) is 0 Å². The van der Waals surface area contributed by atoms with E-state index in [0.717, 1.165) is 18.4 Å². The van der Waals surface area contributed by atoms with Crippen molar-refractivity contribution in [2.45, 2.75) is 26.7 Å². The lowest BCUT2D eigenvalue weighted by Crippen LogP contribution is -1.91. The van der Waals surface area contributed by atoms with E-state index in [-0.39, 0.29) is 0 Å². The number of rotatable bonds is 4. The first kappa shape index (κ1) is 11.5. The minimum Gasteiger partial charge on any atom is -0.478 e. The number of aryl methyl sites for hydroxylation is 2. The average molecular weight is 204 g/mol. The maximum absolute atomic E-state index is 10.4. The molecule has 0 spiro atoms. The monoisotopic (exact) mass is 204 g/mol. The van der Waals surface area contributed by atoms with Gasteiger partial charge in [0.1, 0.15) is 0 Å². The molecule has 0 fully saturated rings. The fourth-order valence-electron chi connectivity index (χ4n) is 1.51. The molecule has 0 atom stereocenters. The Balaban J connectivity index is 3.02. The van der Waals surface area contributed by atoms with Gasteiger partial charge in [-0.25, -0.2) is 4.79 Å². The molecule has 0 unspecified atom stereocenters. The minimum atomic E-state index is -0.906. The summed E-state index contributed by atoms with van der Waals surface area (Å²) in [6, 6.07) is 6.17. The molecule has 2 heteroatoms. The molecule has 0 aliphatic rings. The van der Waals surface area contributed by atoms with Crippen molar-refractivity contribution in [3.05, 3.63) is 41.0 Å². The largest absolute Gasteiger partial charge is 0.478 e. The summed E-state index contributed by atoms with van der Waals surface area (Å²) in [7, 11) is 0. The van der Waals surface area contributed by atoms with E-state index in [2.05, 4.69) is 19.9 Å². The van der Waals surface area contributed by atoms with Crippen LogP contribution in [0, 0.1) is 0 Å². The van der Waals surface area contributed by atoms with Gasteiger partial charge in [0.15, 0.2) is 0 Å². The van der Waals surface area contributed by atoms with Gasteiger partial charge < -0.3 is 5.11 Å². The third-order valence-corrected chi connectivity index (χ3v) is 2.40. The number of hydrogen-bond donors (Lipinski definition) is 1. The van der Waals surface area contributed by atoms with Crippen LogP contribution in [0.25, 0.3) is 6.08 Å². The highest BCUT2D eigenvalue weighted by molar-refractivity contribution is 5.85.